The van der Waals surface area contributed by atoms with Gasteiger partial charge in [-0.1, -0.05) is 12.1 Å². The van der Waals surface area contributed by atoms with Crippen molar-refractivity contribution in [2.24, 2.45) is 0 Å². The van der Waals surface area contributed by atoms with E-state index in [1.54, 1.807) is 28.1 Å². The van der Waals surface area contributed by atoms with Crippen LogP contribution >= 0.6 is 0 Å². The van der Waals surface area contributed by atoms with E-state index in [0.717, 1.165) is 11.3 Å². The van der Waals surface area contributed by atoms with Crippen LogP contribution in [0.1, 0.15) is 18.9 Å². The molecule has 1 aromatic rings. The molecule has 0 aromatic heterocycles. The summed E-state index contributed by atoms with van der Waals surface area (Å²) in [5.41, 5.74) is 1.06. The molecule has 1 atom stereocenters. The largest absolute Gasteiger partial charge is 0.497 e. The molecule has 0 aliphatic rings. The Bertz CT molecular complexity index is 455. The highest BCUT2D eigenvalue weighted by molar-refractivity contribution is 5.87. The lowest BCUT2D eigenvalue weighted by Gasteiger charge is -2.17. The molecule has 0 radical (unpaired) electrons. The van der Waals surface area contributed by atoms with Gasteiger partial charge >= 0.3 is 0 Å². The fourth-order valence-electron chi connectivity index (χ4n) is 1.81. The first-order valence-corrected chi connectivity index (χ1v) is 6.57. The van der Waals surface area contributed by atoms with Crippen LogP contribution in [0.5, 0.6) is 5.75 Å². The Balaban J connectivity index is 2.41. The number of hydrogen-bond donors (Lipinski definition) is 1. The summed E-state index contributed by atoms with van der Waals surface area (Å²) in [6.45, 7) is 1.69. The van der Waals surface area contributed by atoms with Crippen molar-refractivity contribution < 1.29 is 14.3 Å². The average molecular weight is 278 g/mol. The topological polar surface area (TPSA) is 58.6 Å². The standard InChI is InChI=1S/C15H22N2O3/c1-11(15(19)17(2)3)16-14(18)10-7-12-5-8-13(20-4)9-6-12/h5-6,8-9,11H,7,10H2,1-4H3,(H,16,18)/t11-/m1/s1. The Labute approximate surface area is 119 Å². The van der Waals surface area contributed by atoms with E-state index >= 15 is 0 Å². The highest BCUT2D eigenvalue weighted by Gasteiger charge is 2.16. The average Bonchev–Trinajstić information content (AvgIpc) is 2.44. The molecule has 2 amide bonds. The SMILES string of the molecule is COc1ccc(CCC(=O)N[C@H](C)C(=O)N(C)C)cc1. The highest BCUT2D eigenvalue weighted by atomic mass is 16.5. The quantitative estimate of drug-likeness (QED) is 0.851. The molecule has 110 valence electrons. The van der Waals surface area contributed by atoms with E-state index in [-0.39, 0.29) is 11.8 Å². The number of methoxy groups -OCH3 is 1. The van der Waals surface area contributed by atoms with Crippen molar-refractivity contribution in [1.82, 2.24) is 10.2 Å². The fraction of sp³-hybridized carbons (Fsp3) is 0.467. The van der Waals surface area contributed by atoms with Crippen LogP contribution in [0.2, 0.25) is 0 Å². The zero-order valence-electron chi connectivity index (χ0n) is 12.5. The van der Waals surface area contributed by atoms with Crippen LogP contribution in [0.15, 0.2) is 24.3 Å². The van der Waals surface area contributed by atoms with Gasteiger partial charge in [-0.05, 0) is 31.0 Å². The molecule has 5 nitrogen and oxygen atoms in total. The third kappa shape index (κ3) is 4.91. The summed E-state index contributed by atoms with van der Waals surface area (Å²) in [5, 5.41) is 2.70. The maximum atomic E-state index is 11.8. The van der Waals surface area contributed by atoms with Gasteiger partial charge in [0.05, 0.1) is 7.11 Å². The van der Waals surface area contributed by atoms with Gasteiger partial charge in [0.1, 0.15) is 11.8 Å². The minimum Gasteiger partial charge on any atom is -0.497 e. The minimum absolute atomic E-state index is 0.109. The van der Waals surface area contributed by atoms with Gasteiger partial charge in [-0.25, -0.2) is 0 Å². The molecule has 1 aromatic carbocycles. The predicted molar refractivity (Wildman–Crippen MR) is 77.6 cm³/mol. The molecule has 0 unspecified atom stereocenters. The molecular formula is C15H22N2O3. The van der Waals surface area contributed by atoms with Crippen LogP contribution in [-0.2, 0) is 16.0 Å². The van der Waals surface area contributed by atoms with Crippen LogP contribution in [0.3, 0.4) is 0 Å². The second-order valence-electron chi connectivity index (χ2n) is 4.87. The molecule has 0 spiro atoms. The van der Waals surface area contributed by atoms with Crippen molar-refractivity contribution in [3.05, 3.63) is 29.8 Å². The van der Waals surface area contributed by atoms with E-state index in [9.17, 15) is 9.59 Å². The number of rotatable bonds is 6. The number of hydrogen-bond acceptors (Lipinski definition) is 3. The molecule has 0 aliphatic carbocycles. The molecule has 0 fully saturated rings. The van der Waals surface area contributed by atoms with Crippen LogP contribution in [0, 0.1) is 0 Å². The first-order valence-electron chi connectivity index (χ1n) is 6.57. The lowest BCUT2D eigenvalue weighted by atomic mass is 10.1. The van der Waals surface area contributed by atoms with Crippen LogP contribution in [0.25, 0.3) is 0 Å². The normalized spacial score (nSPS) is 11.6. The molecule has 1 N–H and O–H groups in total. The summed E-state index contributed by atoms with van der Waals surface area (Å²) in [7, 11) is 4.95. The van der Waals surface area contributed by atoms with Crippen molar-refractivity contribution in [1.29, 1.82) is 0 Å². The van der Waals surface area contributed by atoms with Crippen molar-refractivity contribution in [3.63, 3.8) is 0 Å². The van der Waals surface area contributed by atoms with Gasteiger partial charge in [0.2, 0.25) is 11.8 Å². The van der Waals surface area contributed by atoms with Gasteiger partial charge in [-0.3, -0.25) is 9.59 Å². The minimum atomic E-state index is -0.492. The number of nitrogens with zero attached hydrogens (tertiary/aromatic N) is 1. The van der Waals surface area contributed by atoms with Crippen LogP contribution in [0.4, 0.5) is 0 Å². The number of carbonyl (C=O) groups is 2. The fourth-order valence-corrected chi connectivity index (χ4v) is 1.81. The van der Waals surface area contributed by atoms with Crippen molar-refractivity contribution in [2.75, 3.05) is 21.2 Å². The Morgan fingerprint density at radius 1 is 1.25 bits per heavy atom. The predicted octanol–water partition coefficient (Wildman–Crippen LogP) is 1.22. The molecule has 0 bridgehead atoms. The number of aryl methyl sites for hydroxylation is 1. The Morgan fingerprint density at radius 3 is 2.35 bits per heavy atom. The molecule has 0 aliphatic heterocycles. The van der Waals surface area contributed by atoms with Gasteiger partial charge in [0, 0.05) is 20.5 Å². The van der Waals surface area contributed by atoms with Gasteiger partial charge < -0.3 is 15.0 Å². The Hall–Kier alpha value is -2.04. The van der Waals surface area contributed by atoms with Gasteiger partial charge in [0.25, 0.3) is 0 Å². The summed E-state index contributed by atoms with van der Waals surface area (Å²) in [6, 6.07) is 7.10. The van der Waals surface area contributed by atoms with E-state index in [1.165, 1.54) is 4.90 Å². The third-order valence-corrected chi connectivity index (χ3v) is 2.99. The summed E-state index contributed by atoms with van der Waals surface area (Å²) in [6.07, 6.45) is 0.996. The smallest absolute Gasteiger partial charge is 0.244 e. The number of carbonyl (C=O) groups excluding carboxylic acids is 2. The first kappa shape index (κ1) is 16.0. The molecule has 5 heteroatoms. The second kappa shape index (κ2) is 7.53. The van der Waals surface area contributed by atoms with Gasteiger partial charge in [-0.2, -0.15) is 0 Å². The molecule has 20 heavy (non-hydrogen) atoms. The third-order valence-electron chi connectivity index (χ3n) is 2.99. The van der Waals surface area contributed by atoms with Crippen molar-refractivity contribution >= 4 is 11.8 Å². The maximum Gasteiger partial charge on any atom is 0.244 e. The molecular weight excluding hydrogens is 256 g/mol. The van der Waals surface area contributed by atoms with Crippen molar-refractivity contribution in [3.8, 4) is 5.75 Å². The summed E-state index contributed by atoms with van der Waals surface area (Å²) < 4.78 is 5.07. The number of benzene rings is 1. The Morgan fingerprint density at radius 2 is 1.85 bits per heavy atom. The lowest BCUT2D eigenvalue weighted by Crippen LogP contribution is -2.44. The lowest BCUT2D eigenvalue weighted by molar-refractivity contribution is -0.133. The van der Waals surface area contributed by atoms with E-state index < -0.39 is 6.04 Å². The van der Waals surface area contributed by atoms with Crippen molar-refractivity contribution in [2.45, 2.75) is 25.8 Å². The van der Waals surface area contributed by atoms with Gasteiger partial charge in [0.15, 0.2) is 0 Å². The summed E-state index contributed by atoms with van der Waals surface area (Å²) in [5.74, 6) is 0.565. The van der Waals surface area contributed by atoms with E-state index in [0.29, 0.717) is 12.8 Å². The van der Waals surface area contributed by atoms with Crippen LogP contribution in [-0.4, -0.2) is 44.0 Å². The molecule has 1 rings (SSSR count). The molecule has 0 saturated carbocycles. The summed E-state index contributed by atoms with van der Waals surface area (Å²) in [4.78, 5) is 24.9. The number of likely N-dealkylation sites (N-methyl/N-ethyl adjacent to an activating group) is 1. The number of nitrogens with one attached hydrogen (secondary N) is 1. The highest BCUT2D eigenvalue weighted by Crippen LogP contribution is 2.12. The summed E-state index contributed by atoms with van der Waals surface area (Å²) >= 11 is 0. The molecule has 0 saturated heterocycles. The maximum absolute atomic E-state index is 11.8. The van der Waals surface area contributed by atoms with E-state index in [4.69, 9.17) is 4.74 Å². The van der Waals surface area contributed by atoms with Crippen LogP contribution < -0.4 is 10.1 Å². The Kier molecular flexibility index (Phi) is 6.03. The van der Waals surface area contributed by atoms with Gasteiger partial charge in [-0.15, -0.1) is 0 Å². The van der Waals surface area contributed by atoms with E-state index in [1.807, 2.05) is 24.3 Å². The number of ether oxygens (including phenoxy) is 1. The van der Waals surface area contributed by atoms with E-state index in [2.05, 4.69) is 5.32 Å². The monoisotopic (exact) mass is 278 g/mol. The number of amides is 2. The first-order chi connectivity index (χ1) is 9.43. The second-order valence-corrected chi connectivity index (χ2v) is 4.87. The molecule has 0 heterocycles. The zero-order chi connectivity index (χ0) is 15.1. The zero-order valence-corrected chi connectivity index (χ0v) is 12.5.